The molecule has 0 bridgehead atoms. The van der Waals surface area contributed by atoms with E-state index in [1.807, 2.05) is 0 Å². The van der Waals surface area contributed by atoms with Crippen molar-refractivity contribution < 1.29 is 30.6 Å². The zero-order valence-electron chi connectivity index (χ0n) is 16.3. The lowest BCUT2D eigenvalue weighted by molar-refractivity contribution is 0.381. The van der Waals surface area contributed by atoms with Crippen molar-refractivity contribution in [3.63, 3.8) is 0 Å². The van der Waals surface area contributed by atoms with Gasteiger partial charge in [0.25, 0.3) is 0 Å². The second-order valence-electron chi connectivity index (χ2n) is 7.00. The summed E-state index contributed by atoms with van der Waals surface area (Å²) in [6.45, 7) is 3.23. The predicted octanol–water partition coefficient (Wildman–Crippen LogP) is 6.31. The van der Waals surface area contributed by atoms with Crippen LogP contribution in [0, 0.1) is 29.1 Å². The van der Waals surface area contributed by atoms with Crippen LogP contribution in [-0.2, 0) is 11.8 Å². The molecule has 0 amide bonds. The van der Waals surface area contributed by atoms with E-state index in [9.17, 15) is 25.8 Å². The number of rotatable bonds is 5. The molecular weight excluding hydrogens is 430 g/mol. The summed E-state index contributed by atoms with van der Waals surface area (Å²) in [5.74, 6) is -9.73. The highest BCUT2D eigenvalue weighted by atomic mass is 32.2. The lowest BCUT2D eigenvalue weighted by Crippen LogP contribution is -2.13. The van der Waals surface area contributed by atoms with Crippen LogP contribution >= 0.6 is 12.1 Å². The average molecular weight is 446 g/mol. The molecule has 3 aromatic rings. The van der Waals surface area contributed by atoms with E-state index in [1.165, 1.54) is 18.7 Å². The Bertz CT molecular complexity index is 1100. The molecule has 1 heterocycles. The number of aromatic nitrogens is 2. The monoisotopic (exact) mass is 446 g/mol. The van der Waals surface area contributed by atoms with Gasteiger partial charge in [-0.2, -0.15) is 3.89 Å². The Morgan fingerprint density at radius 3 is 2.07 bits per heavy atom. The molecule has 3 rings (SSSR count). The normalized spacial score (nSPS) is 11.8. The van der Waals surface area contributed by atoms with Gasteiger partial charge in [0.05, 0.1) is 35.3 Å². The van der Waals surface area contributed by atoms with E-state index in [2.05, 4.69) is 4.98 Å². The Hall–Kier alpha value is -2.62. The number of imidazole rings is 1. The summed E-state index contributed by atoms with van der Waals surface area (Å²) >= 11 is 0.0742. The fourth-order valence-corrected chi connectivity index (χ4v) is 3.30. The number of methoxy groups -OCH3 is 1. The van der Waals surface area contributed by atoms with Gasteiger partial charge in [-0.15, -0.1) is 0 Å². The minimum atomic E-state index is -2.25. The summed E-state index contributed by atoms with van der Waals surface area (Å²) in [5, 5.41) is 0. The van der Waals surface area contributed by atoms with Crippen LogP contribution in [0.15, 0.2) is 24.4 Å². The summed E-state index contributed by atoms with van der Waals surface area (Å²) in [4.78, 5) is 4.10. The van der Waals surface area contributed by atoms with Crippen LogP contribution in [0.25, 0.3) is 22.6 Å². The molecule has 0 saturated carbocycles. The number of hydrogen-bond donors (Lipinski definition) is 0. The molecule has 1 aromatic heterocycles. The maximum Gasteiger partial charge on any atom is 0.200 e. The third kappa shape index (κ3) is 3.53. The van der Waals surface area contributed by atoms with Crippen LogP contribution in [0.5, 0.6) is 5.75 Å². The van der Waals surface area contributed by atoms with Gasteiger partial charge in [-0.3, -0.25) is 0 Å². The van der Waals surface area contributed by atoms with Crippen LogP contribution in [0.1, 0.15) is 19.4 Å². The Kier molecular flexibility index (Phi) is 5.81. The Morgan fingerprint density at radius 1 is 0.967 bits per heavy atom. The number of nitrogens with zero attached hydrogens (tertiary/aromatic N) is 2. The minimum Gasteiger partial charge on any atom is -0.497 e. The van der Waals surface area contributed by atoms with Gasteiger partial charge in [-0.25, -0.2) is 26.9 Å². The van der Waals surface area contributed by atoms with Crippen LogP contribution in [0.3, 0.4) is 0 Å². The summed E-state index contributed by atoms with van der Waals surface area (Å²) < 4.78 is 88.1. The third-order valence-corrected chi connectivity index (χ3v) is 5.26. The zero-order valence-corrected chi connectivity index (χ0v) is 17.1. The molecule has 0 spiro atoms. The Balaban J connectivity index is 2.26. The highest BCUT2D eigenvalue weighted by Crippen LogP contribution is 2.43. The molecule has 0 fully saturated rings. The van der Waals surface area contributed by atoms with Gasteiger partial charge in [0.2, 0.25) is 5.82 Å². The van der Waals surface area contributed by atoms with Crippen molar-refractivity contribution >= 4 is 12.1 Å². The smallest absolute Gasteiger partial charge is 0.200 e. The number of hydrogen-bond acceptors (Lipinski definition) is 3. The second kappa shape index (κ2) is 7.90. The van der Waals surface area contributed by atoms with Gasteiger partial charge < -0.3 is 9.30 Å². The molecule has 160 valence electrons. The molecule has 0 aliphatic carbocycles. The molecule has 0 saturated heterocycles. The fraction of sp³-hybridized carbons (Fsp3) is 0.250. The predicted molar refractivity (Wildman–Crippen MR) is 102 cm³/mol. The maximum absolute atomic E-state index is 14.2. The molecular formula is C20H16F6N2OS. The van der Waals surface area contributed by atoms with Gasteiger partial charge in [-0.05, 0) is 37.6 Å². The van der Waals surface area contributed by atoms with Gasteiger partial charge >= 0.3 is 0 Å². The SMILES string of the molecule is COc1ccc(-c2nc(-c3c(F)c(F)c(F)c(F)c3F)cn2C)c(C(C)(C)SF)c1. The van der Waals surface area contributed by atoms with Crippen molar-refractivity contribution in [2.45, 2.75) is 18.6 Å². The second-order valence-corrected chi connectivity index (χ2v) is 8.18. The standard InChI is InChI=1S/C20H16F6N2OS/c1-20(2,30-26)11-7-9(29-4)5-6-10(11)19-27-12(8-28(19)3)13-14(21)16(23)18(25)17(24)15(13)22/h5-8H,1-4H3. The van der Waals surface area contributed by atoms with Crippen molar-refractivity contribution in [2.24, 2.45) is 7.05 Å². The molecule has 30 heavy (non-hydrogen) atoms. The van der Waals surface area contributed by atoms with E-state index in [1.54, 1.807) is 32.0 Å². The van der Waals surface area contributed by atoms with Crippen molar-refractivity contribution in [3.8, 4) is 28.4 Å². The van der Waals surface area contributed by atoms with Crippen LogP contribution in [-0.4, -0.2) is 16.7 Å². The first-order valence-corrected chi connectivity index (χ1v) is 9.29. The number of benzene rings is 2. The van der Waals surface area contributed by atoms with Gasteiger partial charge in [0.15, 0.2) is 23.3 Å². The van der Waals surface area contributed by atoms with E-state index >= 15 is 0 Å². The van der Waals surface area contributed by atoms with E-state index in [0.717, 1.165) is 6.20 Å². The zero-order chi connectivity index (χ0) is 22.4. The molecule has 0 N–H and O–H groups in total. The lowest BCUT2D eigenvalue weighted by Gasteiger charge is -2.23. The molecule has 0 aliphatic heterocycles. The maximum atomic E-state index is 14.2. The molecule has 0 aliphatic rings. The van der Waals surface area contributed by atoms with Crippen molar-refractivity contribution in [1.29, 1.82) is 0 Å². The first kappa shape index (κ1) is 22.1. The number of halogens is 6. The van der Waals surface area contributed by atoms with E-state index in [4.69, 9.17) is 4.74 Å². The molecule has 10 heteroatoms. The molecule has 0 radical (unpaired) electrons. The summed E-state index contributed by atoms with van der Waals surface area (Å²) in [5.41, 5.74) is -0.717. The van der Waals surface area contributed by atoms with Gasteiger partial charge in [0.1, 0.15) is 11.6 Å². The van der Waals surface area contributed by atoms with E-state index in [0.29, 0.717) is 16.9 Å². The van der Waals surface area contributed by atoms with E-state index in [-0.39, 0.29) is 18.0 Å². The minimum absolute atomic E-state index is 0.0742. The quantitative estimate of drug-likeness (QED) is 0.261. The fourth-order valence-electron chi connectivity index (χ4n) is 3.05. The van der Waals surface area contributed by atoms with Crippen LogP contribution in [0.4, 0.5) is 25.8 Å². The average Bonchev–Trinajstić information content (AvgIpc) is 3.11. The van der Waals surface area contributed by atoms with Crippen molar-refractivity contribution in [1.82, 2.24) is 9.55 Å². The first-order chi connectivity index (χ1) is 14.0. The van der Waals surface area contributed by atoms with Gasteiger partial charge in [0, 0.05) is 18.8 Å². The summed E-state index contributed by atoms with van der Waals surface area (Å²) in [7, 11) is 2.93. The third-order valence-electron chi connectivity index (χ3n) is 4.65. The number of aryl methyl sites for hydroxylation is 1. The van der Waals surface area contributed by atoms with Crippen molar-refractivity contribution in [2.75, 3.05) is 7.11 Å². The molecule has 3 nitrogen and oxygen atoms in total. The van der Waals surface area contributed by atoms with Crippen LogP contribution < -0.4 is 4.74 Å². The first-order valence-electron chi connectivity index (χ1n) is 8.57. The highest BCUT2D eigenvalue weighted by molar-refractivity contribution is 7.95. The summed E-state index contributed by atoms with van der Waals surface area (Å²) in [6, 6.07) is 4.76. The largest absolute Gasteiger partial charge is 0.497 e. The van der Waals surface area contributed by atoms with E-state index < -0.39 is 45.1 Å². The van der Waals surface area contributed by atoms with Gasteiger partial charge in [-0.1, -0.05) is 0 Å². The molecule has 2 aromatic carbocycles. The molecule has 0 unspecified atom stereocenters. The number of ether oxygens (including phenoxy) is 1. The topological polar surface area (TPSA) is 27.1 Å². The highest BCUT2D eigenvalue weighted by Gasteiger charge is 2.31. The van der Waals surface area contributed by atoms with Crippen molar-refractivity contribution in [3.05, 3.63) is 59.0 Å². The Morgan fingerprint density at radius 2 is 1.53 bits per heavy atom. The molecule has 0 atom stereocenters. The summed E-state index contributed by atoms with van der Waals surface area (Å²) in [6.07, 6.45) is 1.14. The Labute approximate surface area is 173 Å². The van der Waals surface area contributed by atoms with Crippen LogP contribution in [0.2, 0.25) is 0 Å². The lowest BCUT2D eigenvalue weighted by atomic mass is 9.95.